The number of nitrogens with zero attached hydrogens (tertiary/aromatic N) is 3. The van der Waals surface area contributed by atoms with Gasteiger partial charge < -0.3 is 4.57 Å². The number of imidazole rings is 1. The Morgan fingerprint density at radius 1 is 1.37 bits per heavy atom. The Morgan fingerprint density at radius 2 is 2.05 bits per heavy atom. The molecule has 1 atom stereocenters. The summed E-state index contributed by atoms with van der Waals surface area (Å²) in [4.78, 5) is 9.35. The van der Waals surface area contributed by atoms with Crippen molar-refractivity contribution < 1.29 is 0 Å². The molecule has 0 aliphatic heterocycles. The first-order valence-corrected chi connectivity index (χ1v) is 7.44. The number of halogens is 1. The number of hydrogen-bond donors (Lipinski definition) is 0. The molecule has 102 valence electrons. The molecule has 0 spiro atoms. The minimum atomic E-state index is -0.0908. The van der Waals surface area contributed by atoms with E-state index in [2.05, 4.69) is 22.5 Å². The SMILES string of the molecule is Cc1cnc2c(c1)nc(C(C)Cl)n2C1(C)CCCC1. The van der Waals surface area contributed by atoms with Gasteiger partial charge in [0.05, 0.1) is 5.38 Å². The van der Waals surface area contributed by atoms with Gasteiger partial charge in [0.25, 0.3) is 0 Å². The Bertz CT molecular complexity index is 609. The van der Waals surface area contributed by atoms with Gasteiger partial charge in [-0.1, -0.05) is 12.8 Å². The van der Waals surface area contributed by atoms with Crippen molar-refractivity contribution >= 4 is 22.8 Å². The largest absolute Gasteiger partial charge is 0.306 e. The Hall–Kier alpha value is -1.09. The van der Waals surface area contributed by atoms with Crippen LogP contribution in [0.4, 0.5) is 0 Å². The highest BCUT2D eigenvalue weighted by molar-refractivity contribution is 6.20. The molecule has 2 heterocycles. The number of aryl methyl sites for hydroxylation is 1. The summed E-state index contributed by atoms with van der Waals surface area (Å²) in [6.45, 7) is 6.35. The van der Waals surface area contributed by atoms with E-state index >= 15 is 0 Å². The minimum absolute atomic E-state index is 0.0908. The molecular formula is C15H20ClN3. The van der Waals surface area contributed by atoms with Crippen LogP contribution in [-0.4, -0.2) is 14.5 Å². The molecule has 0 amide bonds. The molecule has 1 aliphatic rings. The molecule has 0 aromatic carbocycles. The van der Waals surface area contributed by atoms with Gasteiger partial charge in [0.2, 0.25) is 0 Å². The summed E-state index contributed by atoms with van der Waals surface area (Å²) in [5.74, 6) is 0.958. The average molecular weight is 278 g/mol. The van der Waals surface area contributed by atoms with Gasteiger partial charge in [0.1, 0.15) is 11.3 Å². The Kier molecular flexibility index (Phi) is 3.05. The third kappa shape index (κ3) is 2.04. The van der Waals surface area contributed by atoms with E-state index in [0.717, 1.165) is 22.6 Å². The van der Waals surface area contributed by atoms with Crippen molar-refractivity contribution in [2.45, 2.75) is 57.4 Å². The fraction of sp³-hybridized carbons (Fsp3) is 0.600. The fourth-order valence-electron chi connectivity index (χ4n) is 3.24. The van der Waals surface area contributed by atoms with Crippen LogP contribution in [-0.2, 0) is 5.54 Å². The first-order chi connectivity index (χ1) is 9.01. The molecule has 2 aromatic rings. The lowest BCUT2D eigenvalue weighted by Gasteiger charge is -2.28. The Labute approximate surface area is 119 Å². The van der Waals surface area contributed by atoms with Crippen LogP contribution in [0.1, 0.15) is 56.3 Å². The molecule has 1 saturated carbocycles. The molecule has 1 unspecified atom stereocenters. The molecule has 0 radical (unpaired) electrons. The molecule has 3 rings (SSSR count). The lowest BCUT2D eigenvalue weighted by Crippen LogP contribution is -2.28. The van der Waals surface area contributed by atoms with Crippen LogP contribution in [0.5, 0.6) is 0 Å². The van der Waals surface area contributed by atoms with Crippen molar-refractivity contribution in [2.75, 3.05) is 0 Å². The molecule has 2 aromatic heterocycles. The number of hydrogen-bond acceptors (Lipinski definition) is 2. The summed E-state index contributed by atoms with van der Waals surface area (Å²) < 4.78 is 2.30. The number of rotatable bonds is 2. The van der Waals surface area contributed by atoms with Crippen LogP contribution < -0.4 is 0 Å². The van der Waals surface area contributed by atoms with Gasteiger partial charge in [0.15, 0.2) is 5.65 Å². The zero-order chi connectivity index (χ0) is 13.6. The van der Waals surface area contributed by atoms with Crippen LogP contribution in [0.15, 0.2) is 12.3 Å². The van der Waals surface area contributed by atoms with Crippen LogP contribution >= 0.6 is 11.6 Å². The summed E-state index contributed by atoms with van der Waals surface area (Å²) >= 11 is 6.35. The highest BCUT2D eigenvalue weighted by Gasteiger charge is 2.35. The van der Waals surface area contributed by atoms with Gasteiger partial charge in [-0.05, 0) is 45.2 Å². The van der Waals surface area contributed by atoms with Crippen molar-refractivity contribution in [3.05, 3.63) is 23.7 Å². The van der Waals surface area contributed by atoms with Crippen molar-refractivity contribution in [3.63, 3.8) is 0 Å². The quantitative estimate of drug-likeness (QED) is 0.765. The van der Waals surface area contributed by atoms with E-state index in [9.17, 15) is 0 Å². The summed E-state index contributed by atoms with van der Waals surface area (Å²) in [6, 6.07) is 2.10. The van der Waals surface area contributed by atoms with Gasteiger partial charge in [-0.25, -0.2) is 9.97 Å². The number of aromatic nitrogens is 3. The van der Waals surface area contributed by atoms with E-state index in [0.29, 0.717) is 0 Å². The summed E-state index contributed by atoms with van der Waals surface area (Å²) in [7, 11) is 0. The standard InChI is InChI=1S/C15H20ClN3/c1-10-8-12-14(17-9-10)19(13(18-12)11(2)16)15(3)6-4-5-7-15/h8-9,11H,4-7H2,1-3H3. The van der Waals surface area contributed by atoms with E-state index in [4.69, 9.17) is 16.6 Å². The van der Waals surface area contributed by atoms with E-state index in [-0.39, 0.29) is 10.9 Å². The first-order valence-electron chi connectivity index (χ1n) is 7.01. The monoisotopic (exact) mass is 277 g/mol. The summed E-state index contributed by atoms with van der Waals surface area (Å²) in [5.41, 5.74) is 3.21. The predicted molar refractivity (Wildman–Crippen MR) is 78.6 cm³/mol. The molecule has 3 nitrogen and oxygen atoms in total. The third-order valence-electron chi connectivity index (χ3n) is 4.24. The molecule has 4 heteroatoms. The Balaban J connectivity index is 2.28. The molecular weight excluding hydrogens is 258 g/mol. The second-order valence-electron chi connectivity index (χ2n) is 5.98. The molecule has 0 N–H and O–H groups in total. The van der Waals surface area contributed by atoms with Crippen LogP contribution in [0.2, 0.25) is 0 Å². The second kappa shape index (κ2) is 4.48. The highest BCUT2D eigenvalue weighted by atomic mass is 35.5. The maximum Gasteiger partial charge on any atom is 0.160 e. The van der Waals surface area contributed by atoms with Crippen molar-refractivity contribution in [1.82, 2.24) is 14.5 Å². The van der Waals surface area contributed by atoms with Crippen molar-refractivity contribution in [2.24, 2.45) is 0 Å². The lowest BCUT2D eigenvalue weighted by molar-refractivity contribution is 0.326. The topological polar surface area (TPSA) is 30.7 Å². The maximum absolute atomic E-state index is 6.35. The number of pyridine rings is 1. The minimum Gasteiger partial charge on any atom is -0.306 e. The lowest BCUT2D eigenvalue weighted by atomic mass is 10.00. The first kappa shape index (κ1) is 12.9. The van der Waals surface area contributed by atoms with Crippen LogP contribution in [0, 0.1) is 6.92 Å². The number of fused-ring (bicyclic) bond motifs is 1. The van der Waals surface area contributed by atoms with Crippen LogP contribution in [0.3, 0.4) is 0 Å². The predicted octanol–water partition coefficient (Wildman–Crippen LogP) is 4.33. The number of alkyl halides is 1. The van der Waals surface area contributed by atoms with Gasteiger partial charge in [-0.15, -0.1) is 11.6 Å². The zero-order valence-electron chi connectivity index (χ0n) is 11.8. The normalized spacial score (nSPS) is 20.0. The molecule has 1 fully saturated rings. The van der Waals surface area contributed by atoms with Gasteiger partial charge in [-0.3, -0.25) is 0 Å². The molecule has 0 saturated heterocycles. The summed E-state index contributed by atoms with van der Waals surface area (Å²) in [5, 5.41) is -0.0908. The van der Waals surface area contributed by atoms with Gasteiger partial charge in [0, 0.05) is 11.7 Å². The smallest absolute Gasteiger partial charge is 0.160 e. The molecule has 0 bridgehead atoms. The van der Waals surface area contributed by atoms with E-state index in [1.54, 1.807) is 0 Å². The molecule has 19 heavy (non-hydrogen) atoms. The van der Waals surface area contributed by atoms with Crippen molar-refractivity contribution in [3.8, 4) is 0 Å². The van der Waals surface area contributed by atoms with Crippen LogP contribution in [0.25, 0.3) is 11.2 Å². The second-order valence-corrected chi connectivity index (χ2v) is 6.64. The average Bonchev–Trinajstić information content (AvgIpc) is 2.93. The van der Waals surface area contributed by atoms with Gasteiger partial charge in [-0.2, -0.15) is 0 Å². The fourth-order valence-corrected chi connectivity index (χ4v) is 3.39. The zero-order valence-corrected chi connectivity index (χ0v) is 12.5. The van der Waals surface area contributed by atoms with Gasteiger partial charge >= 0.3 is 0 Å². The Morgan fingerprint density at radius 3 is 2.68 bits per heavy atom. The van der Waals surface area contributed by atoms with E-state index in [1.807, 2.05) is 20.0 Å². The maximum atomic E-state index is 6.35. The molecule has 1 aliphatic carbocycles. The van der Waals surface area contributed by atoms with E-state index < -0.39 is 0 Å². The van der Waals surface area contributed by atoms with Crippen molar-refractivity contribution in [1.29, 1.82) is 0 Å². The highest BCUT2D eigenvalue weighted by Crippen LogP contribution is 2.40. The van der Waals surface area contributed by atoms with E-state index in [1.165, 1.54) is 25.7 Å². The third-order valence-corrected chi connectivity index (χ3v) is 4.43. The summed E-state index contributed by atoms with van der Waals surface area (Å²) in [6.07, 6.45) is 6.84.